The lowest BCUT2D eigenvalue weighted by molar-refractivity contribution is -0.119. The highest BCUT2D eigenvalue weighted by atomic mass is 19.1. The number of amides is 1. The standard InChI is InChI=1S/C21H16FNO4/c22-16-8-10-17(11-9-16)23-20(24)14-26-21(25)15-6-12-19(13-7-15)27-18-4-2-1-3-5-18/h1-13H,14H2,(H,23,24). The second kappa shape index (κ2) is 8.62. The molecule has 0 aliphatic carbocycles. The van der Waals surface area contributed by atoms with Crippen molar-refractivity contribution in [2.75, 3.05) is 11.9 Å². The maximum atomic E-state index is 12.8. The average molecular weight is 365 g/mol. The lowest BCUT2D eigenvalue weighted by atomic mass is 10.2. The first-order valence-corrected chi connectivity index (χ1v) is 8.16. The zero-order chi connectivity index (χ0) is 19.1. The van der Waals surface area contributed by atoms with E-state index in [0.717, 1.165) is 0 Å². The first-order valence-electron chi connectivity index (χ1n) is 8.16. The fourth-order valence-electron chi connectivity index (χ4n) is 2.23. The van der Waals surface area contributed by atoms with Crippen LogP contribution in [0.25, 0.3) is 0 Å². The Morgan fingerprint density at radius 1 is 0.815 bits per heavy atom. The molecular formula is C21H16FNO4. The molecule has 0 bridgehead atoms. The van der Waals surface area contributed by atoms with Crippen LogP contribution in [0.2, 0.25) is 0 Å². The quantitative estimate of drug-likeness (QED) is 0.657. The monoisotopic (exact) mass is 365 g/mol. The lowest BCUT2D eigenvalue weighted by Gasteiger charge is -2.08. The van der Waals surface area contributed by atoms with E-state index >= 15 is 0 Å². The van der Waals surface area contributed by atoms with Gasteiger partial charge in [0.25, 0.3) is 5.91 Å². The van der Waals surface area contributed by atoms with Crippen molar-refractivity contribution >= 4 is 17.6 Å². The molecule has 3 aromatic carbocycles. The Balaban J connectivity index is 1.50. The van der Waals surface area contributed by atoms with E-state index in [0.29, 0.717) is 22.7 Å². The highest BCUT2D eigenvalue weighted by Gasteiger charge is 2.11. The van der Waals surface area contributed by atoms with Gasteiger partial charge in [0.15, 0.2) is 6.61 Å². The third-order valence-electron chi connectivity index (χ3n) is 3.53. The van der Waals surface area contributed by atoms with Crippen LogP contribution < -0.4 is 10.1 Å². The summed E-state index contributed by atoms with van der Waals surface area (Å²) in [6, 6.07) is 20.9. The number of halogens is 1. The summed E-state index contributed by atoms with van der Waals surface area (Å²) in [6.07, 6.45) is 0. The Labute approximate surface area is 155 Å². The molecule has 0 unspecified atom stereocenters. The van der Waals surface area contributed by atoms with Gasteiger partial charge >= 0.3 is 5.97 Å². The summed E-state index contributed by atoms with van der Waals surface area (Å²) in [4.78, 5) is 23.8. The van der Waals surface area contributed by atoms with Crippen molar-refractivity contribution in [3.63, 3.8) is 0 Å². The highest BCUT2D eigenvalue weighted by Crippen LogP contribution is 2.21. The average Bonchev–Trinajstić information content (AvgIpc) is 2.69. The number of nitrogens with one attached hydrogen (secondary N) is 1. The predicted octanol–water partition coefficient (Wildman–Crippen LogP) is 4.41. The number of anilines is 1. The van der Waals surface area contributed by atoms with Crippen LogP contribution in [0.1, 0.15) is 10.4 Å². The van der Waals surface area contributed by atoms with Crippen LogP contribution in [0.3, 0.4) is 0 Å². The number of ether oxygens (including phenoxy) is 2. The van der Waals surface area contributed by atoms with Crippen LogP contribution in [-0.4, -0.2) is 18.5 Å². The smallest absolute Gasteiger partial charge is 0.338 e. The molecule has 0 aliphatic heterocycles. The number of para-hydroxylation sites is 1. The minimum atomic E-state index is -0.629. The number of hydrogen-bond donors (Lipinski definition) is 1. The van der Waals surface area contributed by atoms with Crippen LogP contribution >= 0.6 is 0 Å². The van der Waals surface area contributed by atoms with Crippen LogP contribution in [0.15, 0.2) is 78.9 Å². The van der Waals surface area contributed by atoms with Gasteiger partial charge in [-0.05, 0) is 60.7 Å². The Bertz CT molecular complexity index is 909. The number of benzene rings is 3. The molecule has 27 heavy (non-hydrogen) atoms. The van der Waals surface area contributed by atoms with E-state index in [1.54, 1.807) is 24.3 Å². The summed E-state index contributed by atoms with van der Waals surface area (Å²) >= 11 is 0. The molecule has 0 aromatic heterocycles. The van der Waals surface area contributed by atoms with Gasteiger partial charge < -0.3 is 14.8 Å². The molecular weight excluding hydrogens is 349 g/mol. The number of hydrogen-bond acceptors (Lipinski definition) is 4. The van der Waals surface area contributed by atoms with Gasteiger partial charge in [0, 0.05) is 5.69 Å². The molecule has 6 heteroatoms. The van der Waals surface area contributed by atoms with E-state index in [9.17, 15) is 14.0 Å². The first kappa shape index (κ1) is 18.1. The third kappa shape index (κ3) is 5.40. The maximum absolute atomic E-state index is 12.8. The van der Waals surface area contributed by atoms with E-state index in [-0.39, 0.29) is 0 Å². The topological polar surface area (TPSA) is 64.6 Å². The summed E-state index contributed by atoms with van der Waals surface area (Å²) in [5.74, 6) is -0.286. The third-order valence-corrected chi connectivity index (χ3v) is 3.53. The van der Waals surface area contributed by atoms with Crippen molar-refractivity contribution in [1.29, 1.82) is 0 Å². The fraction of sp³-hybridized carbons (Fsp3) is 0.0476. The molecule has 3 rings (SSSR count). The normalized spacial score (nSPS) is 10.1. The number of rotatable bonds is 6. The molecule has 0 fully saturated rings. The van der Waals surface area contributed by atoms with Crippen molar-refractivity contribution in [2.24, 2.45) is 0 Å². The Hall–Kier alpha value is -3.67. The molecule has 0 saturated carbocycles. The summed E-state index contributed by atoms with van der Waals surface area (Å²) in [5.41, 5.74) is 0.713. The van der Waals surface area contributed by atoms with Gasteiger partial charge in [0.05, 0.1) is 5.56 Å². The molecule has 0 atom stereocenters. The van der Waals surface area contributed by atoms with E-state index in [2.05, 4.69) is 5.32 Å². The molecule has 1 amide bonds. The minimum absolute atomic E-state index is 0.296. The van der Waals surface area contributed by atoms with Crippen molar-refractivity contribution < 1.29 is 23.5 Å². The molecule has 0 radical (unpaired) electrons. The van der Waals surface area contributed by atoms with Gasteiger partial charge in [-0.15, -0.1) is 0 Å². The van der Waals surface area contributed by atoms with E-state index in [4.69, 9.17) is 9.47 Å². The molecule has 0 spiro atoms. The molecule has 3 aromatic rings. The molecule has 1 N–H and O–H groups in total. The van der Waals surface area contributed by atoms with Crippen molar-refractivity contribution in [1.82, 2.24) is 0 Å². The molecule has 0 heterocycles. The first-order chi connectivity index (χ1) is 13.1. The zero-order valence-electron chi connectivity index (χ0n) is 14.2. The van der Waals surface area contributed by atoms with Crippen LogP contribution in [0.5, 0.6) is 11.5 Å². The number of carbonyl (C=O) groups is 2. The molecule has 136 valence electrons. The van der Waals surface area contributed by atoms with Gasteiger partial charge in [-0.25, -0.2) is 9.18 Å². The summed E-state index contributed by atoms with van der Waals surface area (Å²) in [6.45, 7) is -0.446. The maximum Gasteiger partial charge on any atom is 0.338 e. The van der Waals surface area contributed by atoms with Crippen molar-refractivity contribution in [2.45, 2.75) is 0 Å². The summed E-state index contributed by atoms with van der Waals surface area (Å²) in [7, 11) is 0. The lowest BCUT2D eigenvalue weighted by Crippen LogP contribution is -2.20. The van der Waals surface area contributed by atoms with Gasteiger partial charge in [-0.3, -0.25) is 4.79 Å². The highest BCUT2D eigenvalue weighted by molar-refractivity contribution is 5.95. The van der Waals surface area contributed by atoms with E-state index in [1.807, 2.05) is 30.3 Å². The number of esters is 1. The minimum Gasteiger partial charge on any atom is -0.457 e. The second-order valence-corrected chi connectivity index (χ2v) is 5.57. The van der Waals surface area contributed by atoms with Crippen LogP contribution in [-0.2, 0) is 9.53 Å². The van der Waals surface area contributed by atoms with Crippen molar-refractivity contribution in [3.05, 3.63) is 90.2 Å². The summed E-state index contributed by atoms with van der Waals surface area (Å²) in [5, 5.41) is 2.51. The summed E-state index contributed by atoms with van der Waals surface area (Å²) < 4.78 is 23.4. The van der Waals surface area contributed by atoms with Gasteiger partial charge in [0.1, 0.15) is 17.3 Å². The Kier molecular flexibility index (Phi) is 5.79. The Morgan fingerprint density at radius 2 is 1.44 bits per heavy atom. The predicted molar refractivity (Wildman–Crippen MR) is 98.3 cm³/mol. The molecule has 5 nitrogen and oxygen atoms in total. The SMILES string of the molecule is O=C(COC(=O)c1ccc(Oc2ccccc2)cc1)Nc1ccc(F)cc1. The van der Waals surface area contributed by atoms with Crippen LogP contribution in [0.4, 0.5) is 10.1 Å². The van der Waals surface area contributed by atoms with E-state index < -0.39 is 24.3 Å². The number of carbonyl (C=O) groups excluding carboxylic acids is 2. The van der Waals surface area contributed by atoms with Crippen LogP contribution in [0, 0.1) is 5.82 Å². The Morgan fingerprint density at radius 3 is 2.11 bits per heavy atom. The van der Waals surface area contributed by atoms with Crippen molar-refractivity contribution in [3.8, 4) is 11.5 Å². The molecule has 0 aliphatic rings. The largest absolute Gasteiger partial charge is 0.457 e. The van der Waals surface area contributed by atoms with E-state index in [1.165, 1.54) is 24.3 Å². The fourth-order valence-corrected chi connectivity index (χ4v) is 2.23. The van der Waals surface area contributed by atoms with Gasteiger partial charge in [-0.1, -0.05) is 18.2 Å². The van der Waals surface area contributed by atoms with Gasteiger partial charge in [-0.2, -0.15) is 0 Å². The van der Waals surface area contributed by atoms with Gasteiger partial charge in [0.2, 0.25) is 0 Å². The second-order valence-electron chi connectivity index (χ2n) is 5.57. The molecule has 0 saturated heterocycles. The zero-order valence-corrected chi connectivity index (χ0v) is 14.2.